The molecule has 2 heterocycles. The molecule has 4 heteroatoms. The minimum absolute atomic E-state index is 0.815. The number of imidazole rings is 1. The summed E-state index contributed by atoms with van der Waals surface area (Å²) in [5, 5.41) is 0. The summed E-state index contributed by atoms with van der Waals surface area (Å²) in [5.74, 6) is 2.04. The van der Waals surface area contributed by atoms with Crippen LogP contribution >= 0.6 is 0 Å². The Hall–Kier alpha value is -2.49. The molecule has 1 aromatic heterocycles. The number of fused-ring (bicyclic) bond motifs is 3. The Balaban J connectivity index is 1.73. The topological polar surface area (TPSA) is 30.3 Å². The number of ether oxygens (including phenoxy) is 1. The lowest BCUT2D eigenvalue weighted by Crippen LogP contribution is -2.33. The van der Waals surface area contributed by atoms with Crippen molar-refractivity contribution in [3.05, 3.63) is 54.4 Å². The third-order valence-corrected chi connectivity index (χ3v) is 4.09. The van der Waals surface area contributed by atoms with E-state index in [0.29, 0.717) is 0 Å². The molecule has 0 spiro atoms. The average Bonchev–Trinajstić information content (AvgIpc) is 2.92. The van der Waals surface area contributed by atoms with Crippen LogP contribution in [0.25, 0.3) is 11.0 Å². The third-order valence-electron chi connectivity index (χ3n) is 4.09. The van der Waals surface area contributed by atoms with E-state index >= 15 is 0 Å². The largest absolute Gasteiger partial charge is 0.495 e. The summed E-state index contributed by atoms with van der Waals surface area (Å²) in [6.45, 7) is 2.73. The summed E-state index contributed by atoms with van der Waals surface area (Å²) in [5.41, 5.74) is 3.44. The van der Waals surface area contributed by atoms with Gasteiger partial charge in [0.25, 0.3) is 0 Å². The van der Waals surface area contributed by atoms with Gasteiger partial charge in [0, 0.05) is 13.1 Å². The number of rotatable bonds is 2. The SMILES string of the molecule is COc1ccccc1N1CCn2c(nc3ccccc32)C1. The molecule has 0 atom stereocenters. The van der Waals surface area contributed by atoms with E-state index < -0.39 is 0 Å². The van der Waals surface area contributed by atoms with Gasteiger partial charge < -0.3 is 14.2 Å². The Morgan fingerprint density at radius 2 is 1.81 bits per heavy atom. The van der Waals surface area contributed by atoms with Crippen LogP contribution in [0.15, 0.2) is 48.5 Å². The van der Waals surface area contributed by atoms with Gasteiger partial charge in [-0.2, -0.15) is 0 Å². The maximum absolute atomic E-state index is 5.48. The molecule has 4 rings (SSSR count). The van der Waals surface area contributed by atoms with Gasteiger partial charge in [-0.15, -0.1) is 0 Å². The van der Waals surface area contributed by atoms with Crippen LogP contribution in [0.5, 0.6) is 5.75 Å². The average molecular weight is 279 g/mol. The first kappa shape index (κ1) is 12.3. The van der Waals surface area contributed by atoms with Crippen LogP contribution in [0.3, 0.4) is 0 Å². The van der Waals surface area contributed by atoms with E-state index in [1.165, 1.54) is 5.52 Å². The quantitative estimate of drug-likeness (QED) is 0.722. The molecule has 4 nitrogen and oxygen atoms in total. The molecule has 0 aliphatic carbocycles. The van der Waals surface area contributed by atoms with Crippen molar-refractivity contribution >= 4 is 16.7 Å². The number of para-hydroxylation sites is 4. The predicted octanol–water partition coefficient (Wildman–Crippen LogP) is 3.07. The van der Waals surface area contributed by atoms with Gasteiger partial charge in [-0.05, 0) is 24.3 Å². The van der Waals surface area contributed by atoms with E-state index in [9.17, 15) is 0 Å². The number of anilines is 1. The maximum atomic E-state index is 5.48. The number of benzene rings is 2. The highest BCUT2D eigenvalue weighted by atomic mass is 16.5. The molecule has 0 N–H and O–H groups in total. The summed E-state index contributed by atoms with van der Waals surface area (Å²) >= 11 is 0. The summed E-state index contributed by atoms with van der Waals surface area (Å²) in [4.78, 5) is 7.10. The molecule has 2 aromatic carbocycles. The zero-order valence-corrected chi connectivity index (χ0v) is 12.0. The molecule has 0 saturated carbocycles. The van der Waals surface area contributed by atoms with Crippen molar-refractivity contribution in [1.82, 2.24) is 9.55 Å². The highest BCUT2D eigenvalue weighted by molar-refractivity contribution is 5.76. The van der Waals surface area contributed by atoms with Crippen molar-refractivity contribution in [2.45, 2.75) is 13.1 Å². The first-order valence-electron chi connectivity index (χ1n) is 7.19. The first-order valence-corrected chi connectivity index (χ1v) is 7.19. The number of aromatic nitrogens is 2. The number of nitrogens with zero attached hydrogens (tertiary/aromatic N) is 3. The molecule has 1 aliphatic heterocycles. The summed E-state index contributed by atoms with van der Waals surface area (Å²) in [6.07, 6.45) is 0. The van der Waals surface area contributed by atoms with Crippen molar-refractivity contribution in [1.29, 1.82) is 0 Å². The van der Waals surface area contributed by atoms with Gasteiger partial charge >= 0.3 is 0 Å². The van der Waals surface area contributed by atoms with Gasteiger partial charge in [0.1, 0.15) is 11.6 Å². The monoisotopic (exact) mass is 279 g/mol. The Kier molecular flexibility index (Phi) is 2.81. The van der Waals surface area contributed by atoms with Crippen LogP contribution in [0.4, 0.5) is 5.69 Å². The minimum atomic E-state index is 0.815. The van der Waals surface area contributed by atoms with E-state index in [4.69, 9.17) is 9.72 Å². The van der Waals surface area contributed by atoms with Crippen molar-refractivity contribution in [3.63, 3.8) is 0 Å². The second kappa shape index (κ2) is 4.81. The Morgan fingerprint density at radius 3 is 2.71 bits per heavy atom. The van der Waals surface area contributed by atoms with Gasteiger partial charge in [0.2, 0.25) is 0 Å². The second-order valence-corrected chi connectivity index (χ2v) is 5.26. The molecule has 3 aromatic rings. The second-order valence-electron chi connectivity index (χ2n) is 5.26. The summed E-state index contributed by atoms with van der Waals surface area (Å²) < 4.78 is 7.80. The summed E-state index contributed by atoms with van der Waals surface area (Å²) in [7, 11) is 1.72. The smallest absolute Gasteiger partial charge is 0.142 e. The zero-order valence-electron chi connectivity index (χ0n) is 12.0. The van der Waals surface area contributed by atoms with Crippen molar-refractivity contribution in [2.24, 2.45) is 0 Å². The van der Waals surface area contributed by atoms with E-state index in [-0.39, 0.29) is 0 Å². The number of hydrogen-bond donors (Lipinski definition) is 0. The lowest BCUT2D eigenvalue weighted by Gasteiger charge is -2.30. The van der Waals surface area contributed by atoms with Crippen LogP contribution in [-0.4, -0.2) is 23.2 Å². The van der Waals surface area contributed by atoms with Gasteiger partial charge in [-0.1, -0.05) is 24.3 Å². The van der Waals surface area contributed by atoms with Crippen LogP contribution < -0.4 is 9.64 Å². The molecular formula is C17H17N3O. The van der Waals surface area contributed by atoms with E-state index in [1.54, 1.807) is 7.11 Å². The number of hydrogen-bond acceptors (Lipinski definition) is 3. The molecule has 0 fully saturated rings. The molecule has 106 valence electrons. The van der Waals surface area contributed by atoms with Gasteiger partial charge in [0.05, 0.1) is 30.4 Å². The lowest BCUT2D eigenvalue weighted by molar-refractivity contribution is 0.412. The molecule has 0 amide bonds. The number of methoxy groups -OCH3 is 1. The maximum Gasteiger partial charge on any atom is 0.142 e. The predicted molar refractivity (Wildman–Crippen MR) is 83.8 cm³/mol. The zero-order chi connectivity index (χ0) is 14.2. The van der Waals surface area contributed by atoms with Gasteiger partial charge in [0.15, 0.2) is 0 Å². The third kappa shape index (κ3) is 1.95. The van der Waals surface area contributed by atoms with Crippen molar-refractivity contribution in [3.8, 4) is 5.75 Å². The summed E-state index contributed by atoms with van der Waals surface area (Å²) in [6, 6.07) is 16.5. The van der Waals surface area contributed by atoms with Crippen molar-refractivity contribution in [2.75, 3.05) is 18.6 Å². The van der Waals surface area contributed by atoms with E-state index in [0.717, 1.165) is 42.4 Å². The first-order chi connectivity index (χ1) is 10.4. The molecule has 21 heavy (non-hydrogen) atoms. The standard InChI is InChI=1S/C17H17N3O/c1-21-16-9-5-4-8-15(16)19-10-11-20-14-7-3-2-6-13(14)18-17(20)12-19/h2-9H,10-12H2,1H3. The highest BCUT2D eigenvalue weighted by Crippen LogP contribution is 2.31. The van der Waals surface area contributed by atoms with Gasteiger partial charge in [-0.3, -0.25) is 0 Å². The Labute approximate surface area is 123 Å². The molecule has 0 saturated heterocycles. The van der Waals surface area contributed by atoms with E-state index in [1.807, 2.05) is 18.2 Å². The van der Waals surface area contributed by atoms with Crippen LogP contribution in [0.1, 0.15) is 5.82 Å². The fourth-order valence-electron chi connectivity index (χ4n) is 3.06. The molecule has 0 unspecified atom stereocenters. The fraction of sp³-hybridized carbons (Fsp3) is 0.235. The highest BCUT2D eigenvalue weighted by Gasteiger charge is 2.21. The normalized spacial score (nSPS) is 14.2. The minimum Gasteiger partial charge on any atom is -0.495 e. The Bertz CT molecular complexity index is 794. The Morgan fingerprint density at radius 1 is 1.00 bits per heavy atom. The lowest BCUT2D eigenvalue weighted by atomic mass is 10.2. The molecule has 0 bridgehead atoms. The molecule has 1 aliphatic rings. The van der Waals surface area contributed by atoms with E-state index in [2.05, 4.69) is 39.8 Å². The molecular weight excluding hydrogens is 262 g/mol. The van der Waals surface area contributed by atoms with Gasteiger partial charge in [-0.25, -0.2) is 4.98 Å². The molecule has 0 radical (unpaired) electrons. The van der Waals surface area contributed by atoms with Crippen LogP contribution in [-0.2, 0) is 13.1 Å². The fourth-order valence-corrected chi connectivity index (χ4v) is 3.06. The van der Waals surface area contributed by atoms with Crippen LogP contribution in [0.2, 0.25) is 0 Å². The van der Waals surface area contributed by atoms with Crippen molar-refractivity contribution < 1.29 is 4.74 Å². The van der Waals surface area contributed by atoms with Crippen LogP contribution in [0, 0.1) is 0 Å².